The zero-order chi connectivity index (χ0) is 19.2. The summed E-state index contributed by atoms with van der Waals surface area (Å²) >= 11 is 1.51. The van der Waals surface area contributed by atoms with Gasteiger partial charge < -0.3 is 5.11 Å². The van der Waals surface area contributed by atoms with Crippen LogP contribution in [0.5, 0.6) is 0 Å². The Bertz CT molecular complexity index is 1000. The molecule has 2 atom stereocenters. The Morgan fingerprint density at radius 3 is 2.70 bits per heavy atom. The number of hydrogen-bond acceptors (Lipinski definition) is 4. The molecule has 2 heterocycles. The summed E-state index contributed by atoms with van der Waals surface area (Å²) in [7, 11) is 0. The lowest BCUT2D eigenvalue weighted by Gasteiger charge is -2.35. The van der Waals surface area contributed by atoms with E-state index < -0.39 is 6.10 Å². The minimum Gasteiger partial charge on any atom is -0.386 e. The Balaban J connectivity index is 1.63. The van der Waals surface area contributed by atoms with Crippen molar-refractivity contribution in [3.05, 3.63) is 69.2 Å². The molecule has 1 aromatic carbocycles. The predicted octanol–water partition coefficient (Wildman–Crippen LogP) is 4.87. The molecule has 2 aromatic heterocycles. The van der Waals surface area contributed by atoms with Crippen molar-refractivity contribution in [3.63, 3.8) is 0 Å². The standard InChI is InChI=1S/C21H22FN3OS/c1-13-8-18-15(11-23-25(18)17-6-4-16(22)5-7-17)9-21(13,3)10-19(26)20-24-14(2)12-27-20/h4-8,11-12,19,26H,9-10H2,1-3H3/t19?,21-/m1/s1. The fraction of sp³-hybridized carbons (Fsp3) is 0.333. The van der Waals surface area contributed by atoms with Crippen LogP contribution in [0.15, 0.2) is 41.4 Å². The van der Waals surface area contributed by atoms with Crippen molar-refractivity contribution in [1.82, 2.24) is 14.8 Å². The number of benzene rings is 1. The molecule has 27 heavy (non-hydrogen) atoms. The maximum atomic E-state index is 13.2. The molecule has 0 bridgehead atoms. The molecule has 0 amide bonds. The minimum atomic E-state index is -0.578. The van der Waals surface area contributed by atoms with Gasteiger partial charge in [0.25, 0.3) is 0 Å². The van der Waals surface area contributed by atoms with Gasteiger partial charge in [0, 0.05) is 11.1 Å². The van der Waals surface area contributed by atoms with Gasteiger partial charge in [-0.2, -0.15) is 5.10 Å². The molecule has 6 heteroatoms. The summed E-state index contributed by atoms with van der Waals surface area (Å²) in [5.74, 6) is -0.259. The normalized spacial score (nSPS) is 20.3. The van der Waals surface area contributed by atoms with Gasteiger partial charge in [-0.15, -0.1) is 11.3 Å². The van der Waals surface area contributed by atoms with Crippen LogP contribution in [-0.4, -0.2) is 19.9 Å². The summed E-state index contributed by atoms with van der Waals surface area (Å²) in [6.45, 7) is 6.22. The van der Waals surface area contributed by atoms with Crippen molar-refractivity contribution >= 4 is 17.4 Å². The summed E-state index contributed by atoms with van der Waals surface area (Å²) in [5.41, 5.74) is 4.97. The summed E-state index contributed by atoms with van der Waals surface area (Å²) in [4.78, 5) is 4.43. The van der Waals surface area contributed by atoms with Crippen molar-refractivity contribution in [3.8, 4) is 5.69 Å². The van der Waals surface area contributed by atoms with E-state index >= 15 is 0 Å². The highest BCUT2D eigenvalue weighted by Crippen LogP contribution is 2.44. The third kappa shape index (κ3) is 3.35. The molecule has 0 radical (unpaired) electrons. The number of rotatable bonds is 4. The number of thiazole rings is 1. The molecule has 140 valence electrons. The number of aryl methyl sites for hydroxylation is 1. The highest BCUT2D eigenvalue weighted by Gasteiger charge is 2.35. The van der Waals surface area contributed by atoms with Crippen molar-refractivity contribution in [2.45, 2.75) is 39.7 Å². The van der Waals surface area contributed by atoms with Crippen molar-refractivity contribution in [1.29, 1.82) is 0 Å². The highest BCUT2D eigenvalue weighted by atomic mass is 32.1. The molecular formula is C21H22FN3OS. The lowest BCUT2D eigenvalue weighted by molar-refractivity contribution is 0.120. The largest absolute Gasteiger partial charge is 0.386 e. The SMILES string of the molecule is CC1=Cc2c(cnn2-c2ccc(F)cc2)C[C@]1(C)CC(O)c1nc(C)cs1. The molecule has 0 spiro atoms. The molecule has 1 aliphatic rings. The van der Waals surface area contributed by atoms with Crippen LogP contribution in [0.3, 0.4) is 0 Å². The quantitative estimate of drug-likeness (QED) is 0.700. The second kappa shape index (κ2) is 6.69. The maximum absolute atomic E-state index is 13.2. The highest BCUT2D eigenvalue weighted by molar-refractivity contribution is 7.09. The van der Waals surface area contributed by atoms with E-state index in [1.807, 2.05) is 23.2 Å². The van der Waals surface area contributed by atoms with E-state index in [9.17, 15) is 9.50 Å². The van der Waals surface area contributed by atoms with Crippen LogP contribution in [0, 0.1) is 18.2 Å². The van der Waals surface area contributed by atoms with E-state index in [1.54, 1.807) is 12.1 Å². The van der Waals surface area contributed by atoms with Crippen molar-refractivity contribution in [2.24, 2.45) is 5.41 Å². The van der Waals surface area contributed by atoms with Crippen LogP contribution in [0.25, 0.3) is 11.8 Å². The zero-order valence-electron chi connectivity index (χ0n) is 15.6. The topological polar surface area (TPSA) is 50.9 Å². The molecule has 3 aromatic rings. The van der Waals surface area contributed by atoms with Gasteiger partial charge in [0.15, 0.2) is 0 Å². The molecule has 1 N–H and O–H groups in total. The molecule has 0 fully saturated rings. The van der Waals surface area contributed by atoms with Gasteiger partial charge >= 0.3 is 0 Å². The first kappa shape index (κ1) is 18.1. The molecular weight excluding hydrogens is 361 g/mol. The van der Waals surface area contributed by atoms with Gasteiger partial charge in [-0.05, 0) is 68.0 Å². The summed E-state index contributed by atoms with van der Waals surface area (Å²) in [6, 6.07) is 6.35. The van der Waals surface area contributed by atoms with E-state index in [1.165, 1.54) is 29.0 Å². The molecule has 0 aliphatic heterocycles. The summed E-state index contributed by atoms with van der Waals surface area (Å²) in [5, 5.41) is 17.9. The lowest BCUT2D eigenvalue weighted by atomic mass is 9.70. The number of hydrogen-bond donors (Lipinski definition) is 1. The smallest absolute Gasteiger partial charge is 0.123 e. The fourth-order valence-corrected chi connectivity index (χ4v) is 4.46. The number of allylic oxidation sites excluding steroid dienone is 1. The van der Waals surface area contributed by atoms with Gasteiger partial charge in [0.2, 0.25) is 0 Å². The molecule has 1 unspecified atom stereocenters. The first-order valence-electron chi connectivity index (χ1n) is 8.97. The van der Waals surface area contributed by atoms with E-state index in [2.05, 4.69) is 30.0 Å². The third-order valence-corrected chi connectivity index (χ3v) is 6.47. The first-order chi connectivity index (χ1) is 12.9. The molecule has 1 aliphatic carbocycles. The van der Waals surface area contributed by atoms with Crippen molar-refractivity contribution < 1.29 is 9.50 Å². The first-order valence-corrected chi connectivity index (χ1v) is 9.85. The van der Waals surface area contributed by atoms with Gasteiger partial charge in [0.1, 0.15) is 16.9 Å². The number of halogens is 1. The number of fused-ring (bicyclic) bond motifs is 1. The van der Waals surface area contributed by atoms with Crippen LogP contribution in [-0.2, 0) is 6.42 Å². The zero-order valence-corrected chi connectivity index (χ0v) is 16.4. The van der Waals surface area contributed by atoms with Gasteiger partial charge in [-0.25, -0.2) is 14.1 Å². The Kier molecular flexibility index (Phi) is 4.48. The van der Waals surface area contributed by atoms with Crippen LogP contribution < -0.4 is 0 Å². The Morgan fingerprint density at radius 1 is 1.30 bits per heavy atom. The van der Waals surface area contributed by atoms with E-state index in [4.69, 9.17) is 0 Å². The van der Waals surface area contributed by atoms with Crippen LogP contribution in [0.4, 0.5) is 4.39 Å². The average Bonchev–Trinajstić information content (AvgIpc) is 3.22. The van der Waals surface area contributed by atoms with Crippen molar-refractivity contribution in [2.75, 3.05) is 0 Å². The van der Waals surface area contributed by atoms with E-state index in [0.717, 1.165) is 34.1 Å². The van der Waals surface area contributed by atoms with Crippen LogP contribution in [0.1, 0.15) is 48.3 Å². The Hall–Kier alpha value is -2.31. The monoisotopic (exact) mass is 383 g/mol. The lowest BCUT2D eigenvalue weighted by Crippen LogP contribution is -2.27. The predicted molar refractivity (Wildman–Crippen MR) is 105 cm³/mol. The van der Waals surface area contributed by atoms with Crippen LogP contribution in [0.2, 0.25) is 0 Å². The Labute approximate surface area is 162 Å². The number of nitrogens with zero attached hydrogens (tertiary/aromatic N) is 3. The van der Waals surface area contributed by atoms with Gasteiger partial charge in [0.05, 0.1) is 17.6 Å². The van der Waals surface area contributed by atoms with Gasteiger partial charge in [-0.1, -0.05) is 12.5 Å². The number of aliphatic hydroxyl groups excluding tert-OH is 1. The third-order valence-electron chi connectivity index (χ3n) is 5.41. The summed E-state index contributed by atoms with van der Waals surface area (Å²) in [6.07, 6.45) is 4.84. The molecule has 4 rings (SSSR count). The number of aliphatic hydroxyl groups is 1. The molecule has 0 saturated carbocycles. The second-order valence-corrected chi connectivity index (χ2v) is 8.44. The van der Waals surface area contributed by atoms with E-state index in [-0.39, 0.29) is 11.2 Å². The van der Waals surface area contributed by atoms with Gasteiger partial charge in [-0.3, -0.25) is 0 Å². The van der Waals surface area contributed by atoms with Crippen LogP contribution >= 0.6 is 11.3 Å². The average molecular weight is 383 g/mol. The maximum Gasteiger partial charge on any atom is 0.123 e. The van der Waals surface area contributed by atoms with E-state index in [0.29, 0.717) is 6.42 Å². The molecule has 4 nitrogen and oxygen atoms in total. The Morgan fingerprint density at radius 2 is 2.04 bits per heavy atom. The molecule has 0 saturated heterocycles. The fourth-order valence-electron chi connectivity index (χ4n) is 3.68. The second-order valence-electron chi connectivity index (χ2n) is 7.56. The number of aromatic nitrogens is 3. The minimum absolute atomic E-state index is 0.164. The summed E-state index contributed by atoms with van der Waals surface area (Å²) < 4.78 is 15.1.